The lowest BCUT2D eigenvalue weighted by molar-refractivity contribution is 0.186. The molecule has 3 unspecified atom stereocenters. The maximum atomic E-state index is 6.04. The van der Waals surface area contributed by atoms with Gasteiger partial charge < -0.3 is 10.3 Å². The van der Waals surface area contributed by atoms with E-state index in [-0.39, 0.29) is 0 Å². The van der Waals surface area contributed by atoms with Crippen molar-refractivity contribution in [1.29, 1.82) is 0 Å². The molecule has 0 saturated heterocycles. The number of nitrogens with zero attached hydrogens (tertiary/aromatic N) is 2. The monoisotopic (exact) mass is 283 g/mol. The van der Waals surface area contributed by atoms with Gasteiger partial charge in [-0.15, -0.1) is 0 Å². The van der Waals surface area contributed by atoms with Crippen LogP contribution in [0, 0.1) is 11.8 Å². The van der Waals surface area contributed by atoms with Crippen molar-refractivity contribution in [2.75, 3.05) is 6.54 Å². The third-order valence-electron chi connectivity index (χ3n) is 5.00. The van der Waals surface area contributed by atoms with Crippen LogP contribution in [-0.2, 0) is 0 Å². The third-order valence-corrected chi connectivity index (χ3v) is 5.00. The summed E-state index contributed by atoms with van der Waals surface area (Å²) in [5.41, 5.74) is 7.23. The Labute approximate surface area is 127 Å². The first kappa shape index (κ1) is 14.3. The van der Waals surface area contributed by atoms with Gasteiger partial charge in [0.2, 0.25) is 0 Å². The molecule has 1 fully saturated rings. The molecule has 2 N–H and O–H groups in total. The third kappa shape index (κ3) is 2.88. The predicted octanol–water partition coefficient (Wildman–Crippen LogP) is 3.88. The van der Waals surface area contributed by atoms with Gasteiger partial charge >= 0.3 is 0 Å². The summed E-state index contributed by atoms with van der Waals surface area (Å²) in [5.74, 6) is 2.48. The molecule has 3 rings (SSSR count). The van der Waals surface area contributed by atoms with Crippen LogP contribution in [0.2, 0.25) is 0 Å². The molecule has 0 amide bonds. The quantitative estimate of drug-likeness (QED) is 0.925. The number of hydrogen-bond donors (Lipinski definition) is 1. The molecule has 1 aliphatic carbocycles. The van der Waals surface area contributed by atoms with Crippen LogP contribution in [-0.4, -0.2) is 16.1 Å². The van der Waals surface area contributed by atoms with Gasteiger partial charge in [-0.25, -0.2) is 4.98 Å². The first-order valence-electron chi connectivity index (χ1n) is 8.11. The minimum atomic E-state index is 0.492. The Kier molecular flexibility index (Phi) is 4.39. The number of hydrogen-bond acceptors (Lipinski definition) is 2. The van der Waals surface area contributed by atoms with E-state index < -0.39 is 0 Å². The van der Waals surface area contributed by atoms with Crippen molar-refractivity contribution in [3.8, 4) is 11.4 Å². The zero-order valence-corrected chi connectivity index (χ0v) is 12.8. The first-order chi connectivity index (χ1) is 10.3. The SMILES string of the molecule is CCC1CCC(CN)C(n2ccnc2-c2ccccc2)C1. The fraction of sp³-hybridized carbons (Fsp3) is 0.500. The molecule has 3 nitrogen and oxygen atoms in total. The van der Waals surface area contributed by atoms with Crippen LogP contribution in [0.3, 0.4) is 0 Å². The highest BCUT2D eigenvalue weighted by molar-refractivity contribution is 5.55. The van der Waals surface area contributed by atoms with Gasteiger partial charge in [0.15, 0.2) is 0 Å². The molecule has 2 aromatic rings. The van der Waals surface area contributed by atoms with Crippen LogP contribution >= 0.6 is 0 Å². The zero-order valence-electron chi connectivity index (χ0n) is 12.8. The van der Waals surface area contributed by atoms with Crippen LogP contribution in [0.5, 0.6) is 0 Å². The minimum absolute atomic E-state index is 0.492. The summed E-state index contributed by atoms with van der Waals surface area (Å²) in [7, 11) is 0. The summed E-state index contributed by atoms with van der Waals surface area (Å²) >= 11 is 0. The van der Waals surface area contributed by atoms with Crippen molar-refractivity contribution in [3.63, 3.8) is 0 Å². The van der Waals surface area contributed by atoms with E-state index in [1.165, 1.54) is 31.2 Å². The fourth-order valence-corrected chi connectivity index (χ4v) is 3.67. The largest absolute Gasteiger partial charge is 0.330 e. The van der Waals surface area contributed by atoms with E-state index in [0.717, 1.165) is 18.3 Å². The van der Waals surface area contributed by atoms with Crippen molar-refractivity contribution >= 4 is 0 Å². The second-order valence-corrected chi connectivity index (χ2v) is 6.17. The molecule has 0 bridgehead atoms. The second-order valence-electron chi connectivity index (χ2n) is 6.17. The normalized spacial score (nSPS) is 25.9. The molecule has 1 saturated carbocycles. The van der Waals surface area contributed by atoms with Crippen molar-refractivity contribution in [3.05, 3.63) is 42.7 Å². The second kappa shape index (κ2) is 6.44. The van der Waals surface area contributed by atoms with Crippen LogP contribution < -0.4 is 5.73 Å². The van der Waals surface area contributed by atoms with Gasteiger partial charge in [0.05, 0.1) is 0 Å². The topological polar surface area (TPSA) is 43.8 Å². The molecule has 0 radical (unpaired) electrons. The summed E-state index contributed by atoms with van der Waals surface area (Å²) in [6.07, 6.45) is 9.12. The number of rotatable bonds is 4. The summed E-state index contributed by atoms with van der Waals surface area (Å²) in [4.78, 5) is 4.60. The Balaban J connectivity index is 1.93. The molecule has 1 aromatic carbocycles. The minimum Gasteiger partial charge on any atom is -0.330 e. The molecular weight excluding hydrogens is 258 g/mol. The van der Waals surface area contributed by atoms with E-state index in [0.29, 0.717) is 12.0 Å². The molecule has 3 atom stereocenters. The molecular formula is C18H25N3. The van der Waals surface area contributed by atoms with E-state index >= 15 is 0 Å². The number of imidazole rings is 1. The highest BCUT2D eigenvalue weighted by Gasteiger charge is 2.31. The van der Waals surface area contributed by atoms with E-state index in [1.807, 2.05) is 12.3 Å². The maximum absolute atomic E-state index is 6.04. The van der Waals surface area contributed by atoms with E-state index in [9.17, 15) is 0 Å². The molecule has 21 heavy (non-hydrogen) atoms. The molecule has 1 heterocycles. The molecule has 112 valence electrons. The van der Waals surface area contributed by atoms with Gasteiger partial charge in [-0.3, -0.25) is 0 Å². The summed E-state index contributed by atoms with van der Waals surface area (Å²) in [5, 5.41) is 0. The Morgan fingerprint density at radius 1 is 1.24 bits per heavy atom. The van der Waals surface area contributed by atoms with E-state index in [2.05, 4.69) is 46.9 Å². The number of aromatic nitrogens is 2. The number of benzene rings is 1. The van der Waals surface area contributed by atoms with Crippen molar-refractivity contribution in [2.24, 2.45) is 17.6 Å². The Morgan fingerprint density at radius 2 is 2.05 bits per heavy atom. The Morgan fingerprint density at radius 3 is 2.76 bits per heavy atom. The molecule has 0 aliphatic heterocycles. The van der Waals surface area contributed by atoms with Gasteiger partial charge in [0.1, 0.15) is 5.82 Å². The predicted molar refractivity (Wildman–Crippen MR) is 86.9 cm³/mol. The number of nitrogens with two attached hydrogens (primary N) is 1. The smallest absolute Gasteiger partial charge is 0.140 e. The Hall–Kier alpha value is -1.61. The van der Waals surface area contributed by atoms with Gasteiger partial charge in [0.25, 0.3) is 0 Å². The molecule has 1 aromatic heterocycles. The molecule has 1 aliphatic rings. The molecule has 3 heteroatoms. The van der Waals surface area contributed by atoms with Gasteiger partial charge in [0, 0.05) is 24.0 Å². The Bertz CT molecular complexity index is 561. The summed E-state index contributed by atoms with van der Waals surface area (Å²) in [6, 6.07) is 11.0. The van der Waals surface area contributed by atoms with Gasteiger partial charge in [-0.2, -0.15) is 0 Å². The zero-order chi connectivity index (χ0) is 14.7. The molecule has 0 spiro atoms. The van der Waals surface area contributed by atoms with Crippen LogP contribution in [0.15, 0.2) is 42.7 Å². The fourth-order valence-electron chi connectivity index (χ4n) is 3.67. The van der Waals surface area contributed by atoms with Crippen molar-refractivity contribution < 1.29 is 0 Å². The standard InChI is InChI=1S/C18H25N3/c1-2-14-8-9-16(13-19)17(12-14)21-11-10-20-18(21)15-6-4-3-5-7-15/h3-7,10-11,14,16-17H,2,8-9,12-13,19H2,1H3. The van der Waals surface area contributed by atoms with Gasteiger partial charge in [-0.1, -0.05) is 43.7 Å². The summed E-state index contributed by atoms with van der Waals surface area (Å²) < 4.78 is 2.37. The lowest BCUT2D eigenvalue weighted by Crippen LogP contribution is -2.32. The highest BCUT2D eigenvalue weighted by atomic mass is 15.1. The van der Waals surface area contributed by atoms with Gasteiger partial charge in [-0.05, 0) is 37.6 Å². The van der Waals surface area contributed by atoms with Crippen molar-refractivity contribution in [1.82, 2.24) is 9.55 Å². The van der Waals surface area contributed by atoms with Crippen LogP contribution in [0.1, 0.15) is 38.6 Å². The van der Waals surface area contributed by atoms with Crippen LogP contribution in [0.4, 0.5) is 0 Å². The lowest BCUT2D eigenvalue weighted by Gasteiger charge is -2.37. The highest BCUT2D eigenvalue weighted by Crippen LogP contribution is 2.39. The maximum Gasteiger partial charge on any atom is 0.140 e. The average Bonchev–Trinajstić information content (AvgIpc) is 3.04. The van der Waals surface area contributed by atoms with Crippen molar-refractivity contribution in [2.45, 2.75) is 38.6 Å². The van der Waals surface area contributed by atoms with E-state index in [1.54, 1.807) is 0 Å². The lowest BCUT2D eigenvalue weighted by atomic mass is 9.77. The van der Waals surface area contributed by atoms with Crippen LogP contribution in [0.25, 0.3) is 11.4 Å². The van der Waals surface area contributed by atoms with E-state index in [4.69, 9.17) is 5.73 Å². The first-order valence-corrected chi connectivity index (χ1v) is 8.11. The summed E-state index contributed by atoms with van der Waals surface area (Å²) in [6.45, 7) is 3.07. The average molecular weight is 283 g/mol.